The summed E-state index contributed by atoms with van der Waals surface area (Å²) in [5, 5.41) is 0. The molecular formula is C11H14O2. The van der Waals surface area contributed by atoms with E-state index in [0.29, 0.717) is 5.57 Å². The van der Waals surface area contributed by atoms with Gasteiger partial charge in [-0.05, 0) is 24.6 Å². The molecule has 1 aliphatic rings. The first kappa shape index (κ1) is 9.52. The van der Waals surface area contributed by atoms with Gasteiger partial charge in [0.15, 0.2) is 5.78 Å². The SMILES string of the molecule is C=CC(=O)C1=CC(OC)=CCC=C1.[HH]. The molecule has 0 bridgehead atoms. The molecule has 0 aliphatic heterocycles. The molecule has 0 radical (unpaired) electrons. The summed E-state index contributed by atoms with van der Waals surface area (Å²) < 4.78 is 5.05. The van der Waals surface area contributed by atoms with Crippen molar-refractivity contribution in [2.45, 2.75) is 6.42 Å². The molecule has 1 rings (SSSR count). The Hall–Kier alpha value is -1.57. The van der Waals surface area contributed by atoms with Crippen molar-refractivity contribution in [2.24, 2.45) is 0 Å². The zero-order valence-electron chi connectivity index (χ0n) is 7.62. The van der Waals surface area contributed by atoms with E-state index in [2.05, 4.69) is 6.58 Å². The maximum absolute atomic E-state index is 11.3. The average molecular weight is 178 g/mol. The molecule has 70 valence electrons. The fourth-order valence-corrected chi connectivity index (χ4v) is 1.05. The van der Waals surface area contributed by atoms with Gasteiger partial charge in [-0.25, -0.2) is 0 Å². The summed E-state index contributed by atoms with van der Waals surface area (Å²) in [6, 6.07) is 0. The molecule has 0 aromatic carbocycles. The number of carbonyl (C=O) groups excluding carboxylic acids is 1. The molecule has 0 atom stereocenters. The van der Waals surface area contributed by atoms with E-state index in [9.17, 15) is 4.79 Å². The van der Waals surface area contributed by atoms with Gasteiger partial charge in [0.2, 0.25) is 0 Å². The number of allylic oxidation sites excluding steroid dienone is 6. The van der Waals surface area contributed by atoms with Crippen LogP contribution < -0.4 is 0 Å². The Morgan fingerprint density at radius 2 is 2.54 bits per heavy atom. The lowest BCUT2D eigenvalue weighted by molar-refractivity contribution is -0.111. The van der Waals surface area contributed by atoms with Crippen LogP contribution in [-0.4, -0.2) is 12.9 Å². The van der Waals surface area contributed by atoms with Crippen LogP contribution in [0.1, 0.15) is 7.85 Å². The van der Waals surface area contributed by atoms with Crippen LogP contribution in [-0.2, 0) is 9.53 Å². The van der Waals surface area contributed by atoms with Crippen LogP contribution in [0.25, 0.3) is 0 Å². The van der Waals surface area contributed by atoms with Crippen molar-refractivity contribution in [1.82, 2.24) is 0 Å². The molecule has 0 aromatic heterocycles. The van der Waals surface area contributed by atoms with Gasteiger partial charge in [-0.15, -0.1) is 0 Å². The van der Waals surface area contributed by atoms with Gasteiger partial charge in [0, 0.05) is 7.00 Å². The van der Waals surface area contributed by atoms with E-state index >= 15 is 0 Å². The highest BCUT2D eigenvalue weighted by molar-refractivity contribution is 6.06. The van der Waals surface area contributed by atoms with Crippen molar-refractivity contribution in [1.29, 1.82) is 0 Å². The van der Waals surface area contributed by atoms with Gasteiger partial charge in [0.25, 0.3) is 0 Å². The first-order chi connectivity index (χ1) is 6.27. The quantitative estimate of drug-likeness (QED) is 0.620. The number of ether oxygens (including phenoxy) is 1. The van der Waals surface area contributed by atoms with Crippen LogP contribution in [0.15, 0.2) is 48.3 Å². The molecule has 13 heavy (non-hydrogen) atoms. The van der Waals surface area contributed by atoms with E-state index in [4.69, 9.17) is 4.74 Å². The molecular weight excluding hydrogens is 164 g/mol. The fourth-order valence-electron chi connectivity index (χ4n) is 1.05. The highest BCUT2D eigenvalue weighted by Gasteiger charge is 2.04. The van der Waals surface area contributed by atoms with Crippen LogP contribution in [0, 0.1) is 0 Å². The summed E-state index contributed by atoms with van der Waals surface area (Å²) in [6.07, 6.45) is 9.42. The standard InChI is InChI=1S/C11H12O2.H2/c1-3-11(12)9-6-4-5-7-10(8-9)13-2;/h3-4,6-8H,1,5H2,2H3;1H. The third kappa shape index (κ3) is 2.44. The minimum atomic E-state index is -0.0823. The van der Waals surface area contributed by atoms with Gasteiger partial charge in [-0.1, -0.05) is 18.7 Å². The molecule has 0 saturated heterocycles. The minimum Gasteiger partial charge on any atom is -0.497 e. The number of hydrogen-bond acceptors (Lipinski definition) is 2. The van der Waals surface area contributed by atoms with E-state index in [1.54, 1.807) is 19.3 Å². The van der Waals surface area contributed by atoms with Crippen LogP contribution >= 0.6 is 0 Å². The summed E-state index contributed by atoms with van der Waals surface area (Å²) in [5.41, 5.74) is 0.612. The van der Waals surface area contributed by atoms with Crippen molar-refractivity contribution in [2.75, 3.05) is 7.11 Å². The monoisotopic (exact) mass is 178 g/mol. The Labute approximate surface area is 79.4 Å². The average Bonchev–Trinajstić information content (AvgIpc) is 2.41. The predicted octanol–water partition coefficient (Wildman–Crippen LogP) is 2.40. The molecule has 2 heteroatoms. The first-order valence-electron chi connectivity index (χ1n) is 4.07. The van der Waals surface area contributed by atoms with E-state index < -0.39 is 0 Å². The third-order valence-electron chi connectivity index (χ3n) is 1.76. The Kier molecular flexibility index (Phi) is 3.26. The summed E-state index contributed by atoms with van der Waals surface area (Å²) in [7, 11) is 1.59. The van der Waals surface area contributed by atoms with Gasteiger partial charge < -0.3 is 4.74 Å². The molecule has 0 aromatic rings. The van der Waals surface area contributed by atoms with E-state index in [0.717, 1.165) is 12.2 Å². The van der Waals surface area contributed by atoms with Crippen molar-refractivity contribution in [3.8, 4) is 0 Å². The van der Waals surface area contributed by atoms with E-state index in [1.807, 2.05) is 12.2 Å². The maximum Gasteiger partial charge on any atom is 0.185 e. The highest BCUT2D eigenvalue weighted by atomic mass is 16.5. The molecule has 0 amide bonds. The fraction of sp³-hybridized carbons (Fsp3) is 0.182. The normalized spacial score (nSPS) is 15.5. The number of ketones is 1. The molecule has 0 spiro atoms. The predicted molar refractivity (Wildman–Crippen MR) is 54.3 cm³/mol. The van der Waals surface area contributed by atoms with Gasteiger partial charge in [-0.2, -0.15) is 0 Å². The Morgan fingerprint density at radius 3 is 3.15 bits per heavy atom. The largest absolute Gasteiger partial charge is 0.497 e. The van der Waals surface area contributed by atoms with Gasteiger partial charge in [0.05, 0.1) is 7.11 Å². The van der Waals surface area contributed by atoms with Crippen molar-refractivity contribution in [3.05, 3.63) is 48.3 Å². The zero-order valence-corrected chi connectivity index (χ0v) is 7.62. The van der Waals surface area contributed by atoms with Gasteiger partial charge in [0.1, 0.15) is 5.76 Å². The minimum absolute atomic E-state index is 0. The van der Waals surface area contributed by atoms with Crippen LogP contribution in [0.5, 0.6) is 0 Å². The van der Waals surface area contributed by atoms with Crippen molar-refractivity contribution < 1.29 is 11.0 Å². The number of carbonyl (C=O) groups is 1. The Bertz CT molecular complexity index is 311. The summed E-state index contributed by atoms with van der Waals surface area (Å²) in [4.78, 5) is 11.3. The molecule has 1 aliphatic carbocycles. The van der Waals surface area contributed by atoms with Crippen LogP contribution in [0.2, 0.25) is 0 Å². The summed E-state index contributed by atoms with van der Waals surface area (Å²) in [6.45, 7) is 3.43. The second-order valence-corrected chi connectivity index (χ2v) is 2.62. The van der Waals surface area contributed by atoms with Gasteiger partial charge in [-0.3, -0.25) is 4.79 Å². The second-order valence-electron chi connectivity index (χ2n) is 2.62. The van der Waals surface area contributed by atoms with E-state index in [-0.39, 0.29) is 7.21 Å². The lowest BCUT2D eigenvalue weighted by Gasteiger charge is -1.99. The maximum atomic E-state index is 11.3. The first-order valence-corrected chi connectivity index (χ1v) is 4.07. The van der Waals surface area contributed by atoms with Crippen molar-refractivity contribution >= 4 is 5.78 Å². The molecule has 0 N–H and O–H groups in total. The zero-order chi connectivity index (χ0) is 9.68. The Balaban J connectivity index is 0.00000169. The van der Waals surface area contributed by atoms with Crippen molar-refractivity contribution in [3.63, 3.8) is 0 Å². The number of hydrogen-bond donors (Lipinski definition) is 0. The Morgan fingerprint density at radius 1 is 1.77 bits per heavy atom. The lowest BCUT2D eigenvalue weighted by Crippen LogP contribution is -1.95. The van der Waals surface area contributed by atoms with Crippen LogP contribution in [0.3, 0.4) is 0 Å². The van der Waals surface area contributed by atoms with Gasteiger partial charge >= 0.3 is 0 Å². The molecule has 2 nitrogen and oxygen atoms in total. The highest BCUT2D eigenvalue weighted by Crippen LogP contribution is 2.12. The smallest absolute Gasteiger partial charge is 0.185 e. The summed E-state index contributed by atoms with van der Waals surface area (Å²) >= 11 is 0. The third-order valence-corrected chi connectivity index (χ3v) is 1.76. The summed E-state index contributed by atoms with van der Waals surface area (Å²) in [5.74, 6) is 0.635. The number of methoxy groups -OCH3 is 1. The molecule has 0 saturated carbocycles. The lowest BCUT2D eigenvalue weighted by atomic mass is 10.1. The molecule has 0 fully saturated rings. The van der Waals surface area contributed by atoms with E-state index in [1.165, 1.54) is 6.08 Å². The molecule has 0 unspecified atom stereocenters. The number of rotatable bonds is 3. The molecule has 0 heterocycles. The van der Waals surface area contributed by atoms with Crippen LogP contribution in [0.4, 0.5) is 0 Å². The second kappa shape index (κ2) is 4.45. The topological polar surface area (TPSA) is 26.3 Å².